The summed E-state index contributed by atoms with van der Waals surface area (Å²) >= 11 is 0. The Kier molecular flexibility index (Phi) is 3.76. The van der Waals surface area contributed by atoms with Crippen LogP contribution in [0.2, 0.25) is 0 Å². The summed E-state index contributed by atoms with van der Waals surface area (Å²) in [5, 5.41) is 2.81. The highest BCUT2D eigenvalue weighted by Gasteiger charge is 2.29. The zero-order valence-electron chi connectivity index (χ0n) is 12.1. The van der Waals surface area contributed by atoms with Crippen molar-refractivity contribution < 1.29 is 14.0 Å². The van der Waals surface area contributed by atoms with Crippen LogP contribution in [0.5, 0.6) is 0 Å². The molecule has 0 spiro atoms. The van der Waals surface area contributed by atoms with Crippen molar-refractivity contribution in [2.24, 2.45) is 5.92 Å². The maximum absolute atomic E-state index is 14.1. The molecular weight excluding hydrogens is 271 g/mol. The summed E-state index contributed by atoms with van der Waals surface area (Å²) in [6.45, 7) is 0.914. The van der Waals surface area contributed by atoms with E-state index in [9.17, 15) is 14.0 Å². The lowest BCUT2D eigenvalue weighted by molar-refractivity contribution is -0.120. The number of nitrogens with zero attached hydrogens (tertiary/aromatic N) is 1. The summed E-state index contributed by atoms with van der Waals surface area (Å²) in [7, 11) is 1.93. The van der Waals surface area contributed by atoms with Crippen LogP contribution in [0.1, 0.15) is 24.0 Å². The summed E-state index contributed by atoms with van der Waals surface area (Å²) in [6.07, 6.45) is 3.75. The molecule has 0 radical (unpaired) electrons. The molecule has 0 saturated carbocycles. The predicted molar refractivity (Wildman–Crippen MR) is 77.6 cm³/mol. The zero-order chi connectivity index (χ0) is 15.0. The molecule has 3 rings (SSSR count). The number of hydrogen-bond acceptors (Lipinski definition) is 3. The van der Waals surface area contributed by atoms with Gasteiger partial charge in [-0.05, 0) is 62.5 Å². The second kappa shape index (κ2) is 5.56. The molecule has 2 atom stereocenters. The quantitative estimate of drug-likeness (QED) is 0.863. The topological polar surface area (TPSA) is 49.4 Å². The molecule has 1 aromatic rings. The fourth-order valence-electron chi connectivity index (χ4n) is 3.36. The minimum atomic E-state index is -0.327. The number of amides is 1. The zero-order valence-corrected chi connectivity index (χ0v) is 12.1. The van der Waals surface area contributed by atoms with Crippen LogP contribution in [-0.2, 0) is 22.4 Å². The van der Waals surface area contributed by atoms with Gasteiger partial charge in [0.25, 0.3) is 0 Å². The SMILES string of the molecule is CN1CCC[C@@H]1C(=O)Nc1cc(F)c2c(c1)CC(C=O)C2. The average molecular weight is 290 g/mol. The van der Waals surface area contributed by atoms with Gasteiger partial charge in [0.1, 0.15) is 12.1 Å². The molecule has 1 aliphatic carbocycles. The van der Waals surface area contributed by atoms with Crippen LogP contribution in [0.3, 0.4) is 0 Å². The Labute approximate surface area is 123 Å². The van der Waals surface area contributed by atoms with Crippen LogP contribution in [-0.4, -0.2) is 36.7 Å². The first kappa shape index (κ1) is 14.2. The molecule has 1 aliphatic heterocycles. The molecule has 1 fully saturated rings. The number of fused-ring (bicyclic) bond motifs is 1. The van der Waals surface area contributed by atoms with E-state index >= 15 is 0 Å². The van der Waals surface area contributed by atoms with Crippen molar-refractivity contribution in [3.05, 3.63) is 29.1 Å². The van der Waals surface area contributed by atoms with Gasteiger partial charge in [0.15, 0.2) is 0 Å². The van der Waals surface area contributed by atoms with Crippen molar-refractivity contribution in [3.63, 3.8) is 0 Å². The fourth-order valence-corrected chi connectivity index (χ4v) is 3.36. The van der Waals surface area contributed by atoms with Gasteiger partial charge in [-0.2, -0.15) is 0 Å². The third-order valence-electron chi connectivity index (χ3n) is 4.52. The molecule has 1 heterocycles. The van der Waals surface area contributed by atoms with Gasteiger partial charge < -0.3 is 10.1 Å². The Bertz CT molecular complexity index is 588. The molecule has 0 bridgehead atoms. The van der Waals surface area contributed by atoms with Crippen LogP contribution in [0.25, 0.3) is 0 Å². The van der Waals surface area contributed by atoms with E-state index in [2.05, 4.69) is 5.32 Å². The van der Waals surface area contributed by atoms with E-state index in [1.165, 1.54) is 6.07 Å². The minimum absolute atomic E-state index is 0.0840. The number of likely N-dealkylation sites (N-methyl/N-ethyl adjacent to an activating group) is 1. The number of hydrogen-bond donors (Lipinski definition) is 1. The van der Waals surface area contributed by atoms with Gasteiger partial charge in [-0.1, -0.05) is 0 Å². The second-order valence-corrected chi connectivity index (χ2v) is 6.03. The standard InChI is InChI=1S/C16H19FN2O2/c1-19-4-2-3-15(19)16(21)18-12-7-11-5-10(9-20)6-13(11)14(17)8-12/h7-10,15H,2-6H2,1H3,(H,18,21)/t10?,15-/m1/s1. The number of benzene rings is 1. The van der Waals surface area contributed by atoms with Crippen molar-refractivity contribution in [1.29, 1.82) is 0 Å². The van der Waals surface area contributed by atoms with Crippen molar-refractivity contribution in [1.82, 2.24) is 4.90 Å². The largest absolute Gasteiger partial charge is 0.325 e. The number of likely N-dealkylation sites (tertiary alicyclic amines) is 1. The molecule has 112 valence electrons. The van der Waals surface area contributed by atoms with Gasteiger partial charge in [0, 0.05) is 11.6 Å². The smallest absolute Gasteiger partial charge is 0.241 e. The molecule has 1 amide bonds. The summed E-state index contributed by atoms with van der Waals surface area (Å²) in [5.41, 5.74) is 1.94. The molecule has 0 aromatic heterocycles. The highest BCUT2D eigenvalue weighted by Crippen LogP contribution is 2.31. The molecule has 1 saturated heterocycles. The Morgan fingerprint density at radius 3 is 2.90 bits per heavy atom. The Hall–Kier alpha value is -1.75. The van der Waals surface area contributed by atoms with E-state index in [-0.39, 0.29) is 23.7 Å². The molecule has 1 aromatic carbocycles. The van der Waals surface area contributed by atoms with E-state index in [0.29, 0.717) is 24.1 Å². The Morgan fingerprint density at radius 1 is 1.43 bits per heavy atom. The van der Waals surface area contributed by atoms with Gasteiger partial charge in [0.2, 0.25) is 5.91 Å². The van der Waals surface area contributed by atoms with Gasteiger partial charge in [-0.3, -0.25) is 9.69 Å². The van der Waals surface area contributed by atoms with Gasteiger partial charge >= 0.3 is 0 Å². The number of rotatable bonds is 3. The average Bonchev–Trinajstić information content (AvgIpc) is 3.04. The maximum Gasteiger partial charge on any atom is 0.241 e. The van der Waals surface area contributed by atoms with Crippen LogP contribution in [0, 0.1) is 11.7 Å². The van der Waals surface area contributed by atoms with Gasteiger partial charge in [-0.15, -0.1) is 0 Å². The summed E-state index contributed by atoms with van der Waals surface area (Å²) in [4.78, 5) is 25.1. The lowest BCUT2D eigenvalue weighted by Gasteiger charge is -2.19. The van der Waals surface area contributed by atoms with Crippen LogP contribution in [0.15, 0.2) is 12.1 Å². The number of nitrogens with one attached hydrogen (secondary N) is 1. The fraction of sp³-hybridized carbons (Fsp3) is 0.500. The molecule has 2 aliphatic rings. The predicted octanol–water partition coefficient (Wildman–Crippen LogP) is 1.77. The molecular formula is C16H19FN2O2. The maximum atomic E-state index is 14.1. The summed E-state index contributed by atoms with van der Waals surface area (Å²) < 4.78 is 14.1. The van der Waals surface area contributed by atoms with Crippen molar-refractivity contribution >= 4 is 17.9 Å². The van der Waals surface area contributed by atoms with Gasteiger partial charge in [0.05, 0.1) is 6.04 Å². The normalized spacial score (nSPS) is 24.9. The molecule has 5 heteroatoms. The first-order valence-electron chi connectivity index (χ1n) is 7.36. The first-order valence-corrected chi connectivity index (χ1v) is 7.36. The van der Waals surface area contributed by atoms with Crippen LogP contribution >= 0.6 is 0 Å². The lowest BCUT2D eigenvalue weighted by Crippen LogP contribution is -2.37. The third kappa shape index (κ3) is 2.70. The van der Waals surface area contributed by atoms with Crippen molar-refractivity contribution in [2.75, 3.05) is 18.9 Å². The number of carbonyl (C=O) groups excluding carboxylic acids is 2. The molecule has 1 unspecified atom stereocenters. The van der Waals surface area contributed by atoms with Crippen molar-refractivity contribution in [2.45, 2.75) is 31.7 Å². The summed E-state index contributed by atoms with van der Waals surface area (Å²) in [6, 6.07) is 3.03. The van der Waals surface area contributed by atoms with Crippen LogP contribution < -0.4 is 5.32 Å². The van der Waals surface area contributed by atoms with E-state index in [0.717, 1.165) is 31.2 Å². The number of halogens is 1. The monoisotopic (exact) mass is 290 g/mol. The third-order valence-corrected chi connectivity index (χ3v) is 4.52. The van der Waals surface area contributed by atoms with E-state index in [1.54, 1.807) is 6.07 Å². The number of aldehydes is 1. The van der Waals surface area contributed by atoms with Crippen LogP contribution in [0.4, 0.5) is 10.1 Å². The molecule has 4 nitrogen and oxygen atoms in total. The highest BCUT2D eigenvalue weighted by atomic mass is 19.1. The molecule has 1 N–H and O–H groups in total. The summed E-state index contributed by atoms with van der Waals surface area (Å²) in [5.74, 6) is -0.548. The van der Waals surface area contributed by atoms with Crippen molar-refractivity contribution in [3.8, 4) is 0 Å². The molecule has 21 heavy (non-hydrogen) atoms. The highest BCUT2D eigenvalue weighted by molar-refractivity contribution is 5.95. The van der Waals surface area contributed by atoms with E-state index < -0.39 is 0 Å². The minimum Gasteiger partial charge on any atom is -0.325 e. The number of anilines is 1. The lowest BCUT2D eigenvalue weighted by atomic mass is 10.1. The first-order chi connectivity index (χ1) is 10.1. The van der Waals surface area contributed by atoms with E-state index in [4.69, 9.17) is 0 Å². The Morgan fingerprint density at radius 2 is 2.24 bits per heavy atom. The Balaban J connectivity index is 1.77. The van der Waals surface area contributed by atoms with E-state index in [1.807, 2.05) is 11.9 Å². The number of carbonyl (C=O) groups is 2. The van der Waals surface area contributed by atoms with Gasteiger partial charge in [-0.25, -0.2) is 4.39 Å². The second-order valence-electron chi connectivity index (χ2n) is 6.03.